The highest BCUT2D eigenvalue weighted by Crippen LogP contribution is 2.36. The molecular weight excluding hydrogens is 544 g/mol. The Morgan fingerprint density at radius 3 is 2.41 bits per heavy atom. The molecule has 4 aromatic rings. The van der Waals surface area contributed by atoms with Crippen molar-refractivity contribution in [1.29, 1.82) is 0 Å². The zero-order valence-corrected chi connectivity index (χ0v) is 22.4. The Kier molecular flexibility index (Phi) is 7.92. The summed E-state index contributed by atoms with van der Waals surface area (Å²) in [5.74, 6) is 0.191. The smallest absolute Gasteiger partial charge is 0.336 e. The number of ether oxygens (including phenoxy) is 4. The van der Waals surface area contributed by atoms with Gasteiger partial charge < -0.3 is 52.6 Å². The van der Waals surface area contributed by atoms with Gasteiger partial charge in [0.05, 0.1) is 35.5 Å². The van der Waals surface area contributed by atoms with E-state index in [4.69, 9.17) is 32.2 Å². The fraction of sp³-hybridized carbons (Fsp3) is 0.429. The van der Waals surface area contributed by atoms with E-state index < -0.39 is 60.1 Å². The van der Waals surface area contributed by atoms with Crippen molar-refractivity contribution in [2.24, 2.45) is 0 Å². The molecule has 13 heteroatoms. The maximum Gasteiger partial charge on any atom is 0.336 e. The number of aryl methyl sites for hydroxylation is 1. The predicted octanol–water partition coefficient (Wildman–Crippen LogP) is 1.22. The van der Waals surface area contributed by atoms with Gasteiger partial charge in [0.25, 0.3) is 0 Å². The summed E-state index contributed by atoms with van der Waals surface area (Å²) in [5.41, 5.74) is -2.08. The lowest BCUT2D eigenvalue weighted by molar-refractivity contribution is -0.305. The number of aliphatic hydroxyl groups excluding tert-OH is 3. The molecule has 1 saturated heterocycles. The Morgan fingerprint density at radius 1 is 0.976 bits per heavy atom. The van der Waals surface area contributed by atoms with Gasteiger partial charge in [-0.3, -0.25) is 4.79 Å². The second-order valence-corrected chi connectivity index (χ2v) is 10.3. The first-order valence-electron chi connectivity index (χ1n) is 12.8. The van der Waals surface area contributed by atoms with E-state index >= 15 is 0 Å². The van der Waals surface area contributed by atoms with Gasteiger partial charge in [0.15, 0.2) is 0 Å². The Labute approximate surface area is 232 Å². The van der Waals surface area contributed by atoms with Gasteiger partial charge in [-0.25, -0.2) is 4.79 Å². The average molecular weight is 575 g/mol. The number of furan rings is 1. The number of hydrogen-bond acceptors (Lipinski definition) is 13. The lowest BCUT2D eigenvalue weighted by Crippen LogP contribution is -2.63. The molecule has 0 amide bonds. The molecule has 6 unspecified atom stereocenters. The minimum absolute atomic E-state index is 0.120. The molecule has 41 heavy (non-hydrogen) atoms. The molecule has 3 aromatic heterocycles. The molecule has 0 radical (unpaired) electrons. The first-order valence-corrected chi connectivity index (χ1v) is 12.8. The van der Waals surface area contributed by atoms with E-state index in [1.165, 1.54) is 45.4 Å². The first-order chi connectivity index (χ1) is 19.5. The summed E-state index contributed by atoms with van der Waals surface area (Å²) in [7, 11) is 0. The van der Waals surface area contributed by atoms with Crippen molar-refractivity contribution < 1.29 is 52.6 Å². The zero-order chi connectivity index (χ0) is 29.5. The van der Waals surface area contributed by atoms with E-state index in [2.05, 4.69) is 0 Å². The summed E-state index contributed by atoms with van der Waals surface area (Å²) in [6.07, 6.45) is -6.05. The molecule has 220 valence electrons. The summed E-state index contributed by atoms with van der Waals surface area (Å²) in [4.78, 5) is 24.2. The van der Waals surface area contributed by atoms with Gasteiger partial charge in [-0.15, -0.1) is 0 Å². The molecule has 1 aliphatic rings. The standard InChI is InChI=1S/C28H30O13/c1-13-24(16(30)7-9-35-13)41-27-26(23(33)22(32)19(11-29)39-27)40-20(28(2,3)34)12-37-25-14-4-5-21(31)38-18(14)10-17-15(25)6-8-36-17/h4-10,19-20,22-23,26-27,29,32-34H,11-12H2,1-3H3. The van der Waals surface area contributed by atoms with E-state index in [-0.39, 0.29) is 23.7 Å². The average Bonchev–Trinajstić information content (AvgIpc) is 3.38. The van der Waals surface area contributed by atoms with Crippen LogP contribution in [0.15, 0.2) is 65.7 Å². The summed E-state index contributed by atoms with van der Waals surface area (Å²) in [5, 5.41) is 43.3. The van der Waals surface area contributed by atoms with Gasteiger partial charge in [-0.2, -0.15) is 0 Å². The predicted molar refractivity (Wildman–Crippen MR) is 141 cm³/mol. The number of benzene rings is 1. The van der Waals surface area contributed by atoms with Gasteiger partial charge in [0, 0.05) is 18.2 Å². The molecule has 4 heterocycles. The highest BCUT2D eigenvalue weighted by Gasteiger charge is 2.49. The maximum absolute atomic E-state index is 12.4. The van der Waals surface area contributed by atoms with Gasteiger partial charge in [-0.05, 0) is 32.9 Å². The van der Waals surface area contributed by atoms with Crippen molar-refractivity contribution in [3.63, 3.8) is 0 Å². The second kappa shape index (κ2) is 11.3. The molecule has 0 spiro atoms. The lowest BCUT2D eigenvalue weighted by Gasteiger charge is -2.44. The molecule has 0 aliphatic carbocycles. The Hall–Kier alpha value is -3.72. The molecule has 0 bridgehead atoms. The molecule has 6 atom stereocenters. The highest BCUT2D eigenvalue weighted by molar-refractivity contribution is 6.01. The first kappa shape index (κ1) is 28.8. The van der Waals surface area contributed by atoms with Crippen LogP contribution in [0.25, 0.3) is 21.9 Å². The monoisotopic (exact) mass is 574 g/mol. The van der Waals surface area contributed by atoms with Crippen LogP contribution < -0.4 is 20.5 Å². The topological polar surface area (TPSA) is 191 Å². The summed E-state index contributed by atoms with van der Waals surface area (Å²) in [6.45, 7) is 3.42. The van der Waals surface area contributed by atoms with Crippen LogP contribution in [-0.4, -0.2) is 76.1 Å². The minimum atomic E-state index is -1.67. The normalized spacial score (nSPS) is 24.0. The van der Waals surface area contributed by atoms with Crippen molar-refractivity contribution in [3.8, 4) is 11.5 Å². The molecule has 0 saturated carbocycles. The number of rotatable bonds is 9. The van der Waals surface area contributed by atoms with Crippen LogP contribution in [-0.2, 0) is 9.47 Å². The summed E-state index contributed by atoms with van der Waals surface area (Å²) in [6, 6.07) is 7.12. The van der Waals surface area contributed by atoms with Crippen molar-refractivity contribution in [2.45, 2.75) is 63.2 Å². The molecule has 13 nitrogen and oxygen atoms in total. The molecule has 1 fully saturated rings. The Morgan fingerprint density at radius 2 is 1.71 bits per heavy atom. The molecule has 5 rings (SSSR count). The number of hydrogen-bond donors (Lipinski definition) is 4. The maximum atomic E-state index is 12.4. The third-order valence-electron chi connectivity index (χ3n) is 6.86. The molecule has 4 N–H and O–H groups in total. The van der Waals surface area contributed by atoms with E-state index in [1.807, 2.05) is 0 Å². The van der Waals surface area contributed by atoms with Crippen molar-refractivity contribution >= 4 is 21.9 Å². The lowest BCUT2D eigenvalue weighted by atomic mass is 9.97. The van der Waals surface area contributed by atoms with Crippen LogP contribution in [0, 0.1) is 6.92 Å². The SMILES string of the molecule is Cc1occc(=O)c1OC1OC(CO)C(O)C(O)C1OC(COc1c2ccoc2cc2oc(=O)ccc12)C(C)(C)O. The van der Waals surface area contributed by atoms with Crippen molar-refractivity contribution in [1.82, 2.24) is 0 Å². The Balaban J connectivity index is 1.46. The third-order valence-corrected chi connectivity index (χ3v) is 6.86. The van der Waals surface area contributed by atoms with Crippen molar-refractivity contribution in [3.05, 3.63) is 69.3 Å². The highest BCUT2D eigenvalue weighted by atomic mass is 16.7. The minimum Gasteiger partial charge on any atom is -0.489 e. The van der Waals surface area contributed by atoms with E-state index in [0.717, 1.165) is 6.07 Å². The fourth-order valence-corrected chi connectivity index (χ4v) is 4.58. The quantitative estimate of drug-likeness (QED) is 0.209. The van der Waals surface area contributed by atoms with E-state index in [1.54, 1.807) is 12.1 Å². The number of aliphatic hydroxyl groups is 4. The van der Waals surface area contributed by atoms with E-state index in [9.17, 15) is 30.0 Å². The largest absolute Gasteiger partial charge is 0.489 e. The van der Waals surface area contributed by atoms with Gasteiger partial charge >= 0.3 is 5.63 Å². The summed E-state index contributed by atoms with van der Waals surface area (Å²) < 4.78 is 39.6. The zero-order valence-electron chi connectivity index (χ0n) is 22.4. The van der Waals surface area contributed by atoms with E-state index in [0.29, 0.717) is 22.1 Å². The van der Waals surface area contributed by atoms with Crippen LogP contribution in [0.2, 0.25) is 0 Å². The second-order valence-electron chi connectivity index (χ2n) is 10.3. The van der Waals surface area contributed by atoms with Gasteiger partial charge in [-0.1, -0.05) is 0 Å². The molecule has 1 aromatic carbocycles. The van der Waals surface area contributed by atoms with Gasteiger partial charge in [0.2, 0.25) is 17.5 Å². The Bertz CT molecular complexity index is 1630. The van der Waals surface area contributed by atoms with Gasteiger partial charge in [0.1, 0.15) is 59.8 Å². The summed E-state index contributed by atoms with van der Waals surface area (Å²) >= 11 is 0. The van der Waals surface area contributed by atoms with Crippen LogP contribution in [0.5, 0.6) is 11.5 Å². The third kappa shape index (κ3) is 5.73. The molecular formula is C28H30O13. The van der Waals surface area contributed by atoms with Crippen LogP contribution in [0.3, 0.4) is 0 Å². The number of fused-ring (bicyclic) bond motifs is 2. The fourth-order valence-electron chi connectivity index (χ4n) is 4.58. The van der Waals surface area contributed by atoms with Crippen LogP contribution in [0.4, 0.5) is 0 Å². The van der Waals surface area contributed by atoms with Crippen LogP contribution in [0.1, 0.15) is 19.6 Å². The van der Waals surface area contributed by atoms with Crippen LogP contribution >= 0.6 is 0 Å². The van der Waals surface area contributed by atoms with Crippen molar-refractivity contribution in [2.75, 3.05) is 13.2 Å². The molecule has 1 aliphatic heterocycles.